The smallest absolute Gasteiger partial charge is 0.409 e. The number of carbonyl (C=O) groups is 6. The molecular formula is C39H54N6O9. The Balaban J connectivity index is 1.30. The van der Waals surface area contributed by atoms with Gasteiger partial charge in [0.15, 0.2) is 6.61 Å². The first-order valence-electron chi connectivity index (χ1n) is 19.4. The number of aromatic nitrogens is 1. The topological polar surface area (TPSA) is 177 Å². The molecule has 2 unspecified atom stereocenters. The van der Waals surface area contributed by atoms with Crippen LogP contribution in [0.25, 0.3) is 10.9 Å². The molecule has 15 heteroatoms. The predicted molar refractivity (Wildman–Crippen MR) is 199 cm³/mol. The van der Waals surface area contributed by atoms with E-state index in [4.69, 9.17) is 14.2 Å². The van der Waals surface area contributed by atoms with E-state index in [1.54, 1.807) is 28.9 Å². The summed E-state index contributed by atoms with van der Waals surface area (Å²) in [6.45, 7) is 7.27. The maximum atomic E-state index is 13.9. The number of ether oxygens (including phenoxy) is 3. The summed E-state index contributed by atoms with van der Waals surface area (Å²) in [5.74, 6) is -1.75. The largest absolute Gasteiger partial charge is 0.483 e. The van der Waals surface area contributed by atoms with Crippen molar-refractivity contribution >= 4 is 46.6 Å². The fourth-order valence-electron chi connectivity index (χ4n) is 6.86. The molecule has 3 fully saturated rings. The molecule has 2 N–H and O–H groups in total. The third-order valence-corrected chi connectivity index (χ3v) is 10.2. The van der Waals surface area contributed by atoms with Crippen molar-refractivity contribution in [2.45, 2.75) is 103 Å². The average Bonchev–Trinajstić information content (AvgIpc) is 3.65. The second-order valence-electron chi connectivity index (χ2n) is 14.2. The summed E-state index contributed by atoms with van der Waals surface area (Å²) < 4.78 is 16.5. The molecule has 1 aromatic carbocycles. The molecule has 0 bridgehead atoms. The van der Waals surface area contributed by atoms with Gasteiger partial charge >= 0.3 is 12.1 Å². The zero-order valence-electron chi connectivity index (χ0n) is 31.7. The number of likely N-dealkylation sites (tertiary alicyclic amines) is 1. The van der Waals surface area contributed by atoms with Crippen LogP contribution in [0.3, 0.4) is 0 Å². The number of fused-ring (bicyclic) bond motifs is 1. The second-order valence-corrected chi connectivity index (χ2v) is 14.2. The van der Waals surface area contributed by atoms with Crippen LogP contribution in [-0.2, 0) is 28.7 Å². The van der Waals surface area contributed by atoms with Crippen molar-refractivity contribution in [2.24, 2.45) is 0 Å². The summed E-state index contributed by atoms with van der Waals surface area (Å²) >= 11 is 0. The zero-order valence-corrected chi connectivity index (χ0v) is 31.7. The standard InChI is InChI=1S/C39H54N6O9/c1-4-6-7-22-53-35(47)16-15-29(38(50)43-18-20-44(21-19-43)39(51)52-5-2)42-36(48)31-24-33(28-14-13-26(3)23-30(28)41-31)54-25-34(46)45-17-9-12-32(45)37(49)40-27-10-8-11-27/h13-14,23-24,27,29,32H,4-12,15-22,25H2,1-3H3,(H,40,49)(H,42,48). The second kappa shape index (κ2) is 19.4. The van der Waals surface area contributed by atoms with Gasteiger partial charge in [0.05, 0.1) is 18.7 Å². The molecule has 2 saturated heterocycles. The van der Waals surface area contributed by atoms with Crippen LogP contribution in [0, 0.1) is 6.92 Å². The van der Waals surface area contributed by atoms with Crippen LogP contribution >= 0.6 is 0 Å². The quantitative estimate of drug-likeness (QED) is 0.191. The van der Waals surface area contributed by atoms with Crippen molar-refractivity contribution in [3.05, 3.63) is 35.5 Å². The number of carbonyl (C=O) groups excluding carboxylic acids is 6. The van der Waals surface area contributed by atoms with Crippen LogP contribution < -0.4 is 15.4 Å². The summed E-state index contributed by atoms with van der Waals surface area (Å²) in [4.78, 5) is 88.2. The van der Waals surface area contributed by atoms with E-state index in [0.29, 0.717) is 30.3 Å². The minimum absolute atomic E-state index is 0.00878. The van der Waals surface area contributed by atoms with Gasteiger partial charge in [-0.3, -0.25) is 24.0 Å². The van der Waals surface area contributed by atoms with Crippen molar-refractivity contribution in [2.75, 3.05) is 52.5 Å². The third kappa shape index (κ3) is 10.6. The first kappa shape index (κ1) is 40.2. The Morgan fingerprint density at radius 2 is 1.67 bits per heavy atom. The van der Waals surface area contributed by atoms with Crippen molar-refractivity contribution in [3.63, 3.8) is 0 Å². The first-order valence-corrected chi connectivity index (χ1v) is 19.4. The number of aryl methyl sites for hydroxylation is 1. The van der Waals surface area contributed by atoms with Crippen molar-refractivity contribution in [3.8, 4) is 5.75 Å². The van der Waals surface area contributed by atoms with E-state index in [9.17, 15) is 28.8 Å². The highest BCUT2D eigenvalue weighted by Gasteiger charge is 2.36. The van der Waals surface area contributed by atoms with E-state index < -0.39 is 36.0 Å². The van der Waals surface area contributed by atoms with Crippen molar-refractivity contribution in [1.82, 2.24) is 30.3 Å². The van der Waals surface area contributed by atoms with Gasteiger partial charge in [0, 0.05) is 56.6 Å². The Morgan fingerprint density at radius 3 is 2.37 bits per heavy atom. The molecule has 1 aliphatic carbocycles. The molecule has 54 heavy (non-hydrogen) atoms. The van der Waals surface area contributed by atoms with E-state index in [-0.39, 0.29) is 88.1 Å². The SMILES string of the molecule is CCCCCOC(=O)CCC(NC(=O)c1cc(OCC(=O)N2CCCC2C(=O)NC2CCC2)c2ccc(C)cc2n1)C(=O)N1CCN(C(=O)OCC)CC1. The van der Waals surface area contributed by atoms with Crippen LogP contribution in [0.15, 0.2) is 24.3 Å². The Morgan fingerprint density at radius 1 is 0.907 bits per heavy atom. The maximum absolute atomic E-state index is 13.9. The van der Waals surface area contributed by atoms with Gasteiger partial charge in [0.25, 0.3) is 11.8 Å². The number of pyridine rings is 1. The molecule has 15 nitrogen and oxygen atoms in total. The van der Waals surface area contributed by atoms with Gasteiger partial charge in [0.2, 0.25) is 11.8 Å². The summed E-state index contributed by atoms with van der Waals surface area (Å²) in [5.41, 5.74) is 1.30. The number of hydrogen-bond acceptors (Lipinski definition) is 10. The van der Waals surface area contributed by atoms with Gasteiger partial charge < -0.3 is 39.5 Å². The number of benzene rings is 1. The van der Waals surface area contributed by atoms with E-state index >= 15 is 0 Å². The number of nitrogens with one attached hydrogen (secondary N) is 2. The van der Waals surface area contributed by atoms with Crippen LogP contribution in [0.2, 0.25) is 0 Å². The molecule has 0 radical (unpaired) electrons. The summed E-state index contributed by atoms with van der Waals surface area (Å²) in [5, 5.41) is 6.43. The number of unbranched alkanes of at least 4 members (excludes halogenated alkanes) is 2. The Kier molecular flexibility index (Phi) is 14.5. The Hall–Kier alpha value is -4.95. The molecule has 1 saturated carbocycles. The molecule has 5 rings (SSSR count). The zero-order chi connectivity index (χ0) is 38.6. The van der Waals surface area contributed by atoms with Crippen LogP contribution in [0.4, 0.5) is 4.79 Å². The third-order valence-electron chi connectivity index (χ3n) is 10.2. The summed E-state index contributed by atoms with van der Waals surface area (Å²) in [7, 11) is 0. The molecule has 0 spiro atoms. The van der Waals surface area contributed by atoms with Gasteiger partial charge in [-0.05, 0) is 76.5 Å². The molecule has 2 aliphatic heterocycles. The van der Waals surface area contributed by atoms with E-state index in [2.05, 4.69) is 22.5 Å². The molecule has 1 aromatic heterocycles. The molecular weight excluding hydrogens is 696 g/mol. The molecule has 294 valence electrons. The average molecular weight is 751 g/mol. The Labute approximate surface area is 316 Å². The van der Waals surface area contributed by atoms with E-state index in [0.717, 1.165) is 44.1 Å². The van der Waals surface area contributed by atoms with Gasteiger partial charge in [-0.2, -0.15) is 0 Å². The first-order chi connectivity index (χ1) is 26.1. The van der Waals surface area contributed by atoms with Gasteiger partial charge in [-0.25, -0.2) is 9.78 Å². The van der Waals surface area contributed by atoms with E-state index in [1.807, 2.05) is 13.0 Å². The highest BCUT2D eigenvalue weighted by atomic mass is 16.6. The monoisotopic (exact) mass is 750 g/mol. The maximum Gasteiger partial charge on any atom is 0.409 e. The molecule has 5 amide bonds. The van der Waals surface area contributed by atoms with Gasteiger partial charge in [0.1, 0.15) is 23.5 Å². The fraction of sp³-hybridized carbons (Fsp3) is 0.615. The number of nitrogens with zero attached hydrogens (tertiary/aromatic N) is 4. The molecule has 3 heterocycles. The number of amides is 5. The normalized spacial score (nSPS) is 17.8. The van der Waals surface area contributed by atoms with Crippen LogP contribution in [-0.4, -0.2) is 126 Å². The number of hydrogen-bond donors (Lipinski definition) is 2. The van der Waals surface area contributed by atoms with Gasteiger partial charge in [-0.1, -0.05) is 25.8 Å². The molecule has 2 aromatic rings. The summed E-state index contributed by atoms with van der Waals surface area (Å²) in [6.07, 6.45) is 6.39. The van der Waals surface area contributed by atoms with Crippen LogP contribution in [0.1, 0.15) is 94.1 Å². The molecule has 2 atom stereocenters. The lowest BCUT2D eigenvalue weighted by Crippen LogP contribution is -2.56. The molecule has 3 aliphatic rings. The minimum atomic E-state index is -1.09. The van der Waals surface area contributed by atoms with E-state index in [1.165, 1.54) is 11.0 Å². The fourth-order valence-corrected chi connectivity index (χ4v) is 6.86. The summed E-state index contributed by atoms with van der Waals surface area (Å²) in [6, 6.07) is 5.44. The van der Waals surface area contributed by atoms with Crippen molar-refractivity contribution in [1.29, 1.82) is 0 Å². The highest BCUT2D eigenvalue weighted by molar-refractivity contribution is 5.99. The predicted octanol–water partition coefficient (Wildman–Crippen LogP) is 3.49. The lowest BCUT2D eigenvalue weighted by Gasteiger charge is -2.36. The van der Waals surface area contributed by atoms with Gasteiger partial charge in [-0.15, -0.1) is 0 Å². The minimum Gasteiger partial charge on any atom is -0.483 e. The number of rotatable bonds is 16. The Bertz CT molecular complexity index is 1670. The van der Waals surface area contributed by atoms with Crippen molar-refractivity contribution < 1.29 is 43.0 Å². The highest BCUT2D eigenvalue weighted by Crippen LogP contribution is 2.28. The lowest BCUT2D eigenvalue weighted by atomic mass is 9.93. The number of piperazine rings is 1. The lowest BCUT2D eigenvalue weighted by molar-refractivity contribution is -0.144. The number of esters is 1. The van der Waals surface area contributed by atoms with Crippen LogP contribution in [0.5, 0.6) is 5.75 Å².